The van der Waals surface area contributed by atoms with Crippen LogP contribution >= 0.6 is 0 Å². The lowest BCUT2D eigenvalue weighted by Crippen LogP contribution is -1.98. The molecule has 0 atom stereocenters. The van der Waals surface area contributed by atoms with Crippen LogP contribution in [0.4, 0.5) is 0 Å². The molecule has 0 spiro atoms. The fraction of sp³-hybridized carbons (Fsp3) is 0.235. The second-order valence-electron chi connectivity index (χ2n) is 5.50. The molecule has 3 aromatic rings. The maximum Gasteiger partial charge on any atom is 0.202 e. The minimum Gasteiger partial charge on any atom is -0.494 e. The quantitative estimate of drug-likeness (QED) is 0.719. The number of aromatic nitrogens is 2. The molecule has 0 radical (unpaired) electrons. The number of benzene rings is 1. The number of nitrogens with zero attached hydrogens (tertiary/aromatic N) is 2. The minimum atomic E-state index is 0.153. The molecule has 1 aromatic carbocycles. The third-order valence-corrected chi connectivity index (χ3v) is 4.28. The van der Waals surface area contributed by atoms with Gasteiger partial charge in [-0.05, 0) is 37.8 Å². The molecule has 4 nitrogen and oxygen atoms in total. The van der Waals surface area contributed by atoms with Crippen molar-refractivity contribution in [2.75, 3.05) is 0 Å². The van der Waals surface area contributed by atoms with Gasteiger partial charge in [0.05, 0.1) is 11.2 Å². The van der Waals surface area contributed by atoms with Gasteiger partial charge < -0.3 is 10.2 Å². The van der Waals surface area contributed by atoms with E-state index in [1.165, 1.54) is 4.57 Å². The summed E-state index contributed by atoms with van der Waals surface area (Å²) in [6, 6.07) is 9.62. The lowest BCUT2D eigenvalue weighted by molar-refractivity contribution is 0.400. The van der Waals surface area contributed by atoms with E-state index >= 15 is 0 Å². The molecular weight excluding hydrogens is 264 g/mol. The molecule has 106 valence electrons. The van der Waals surface area contributed by atoms with Crippen LogP contribution in [0.3, 0.4) is 0 Å². The largest absolute Gasteiger partial charge is 0.494 e. The molecule has 0 bridgehead atoms. The lowest BCUT2D eigenvalue weighted by atomic mass is 9.95. The topological polar surface area (TPSA) is 58.3 Å². The number of pyridine rings is 1. The van der Waals surface area contributed by atoms with E-state index in [0.29, 0.717) is 0 Å². The molecule has 0 saturated carbocycles. The van der Waals surface area contributed by atoms with E-state index in [0.717, 1.165) is 53.4 Å². The fourth-order valence-corrected chi connectivity index (χ4v) is 3.27. The number of hydrogen-bond acceptors (Lipinski definition) is 3. The van der Waals surface area contributed by atoms with E-state index in [9.17, 15) is 10.2 Å². The van der Waals surface area contributed by atoms with Crippen LogP contribution in [-0.2, 0) is 12.8 Å². The predicted molar refractivity (Wildman–Crippen MR) is 81.0 cm³/mol. The van der Waals surface area contributed by atoms with Crippen molar-refractivity contribution in [2.24, 2.45) is 0 Å². The predicted octanol–water partition coefficient (Wildman–Crippen LogP) is 3.32. The highest BCUT2D eigenvalue weighted by atomic mass is 16.3. The van der Waals surface area contributed by atoms with Crippen molar-refractivity contribution < 1.29 is 10.2 Å². The van der Waals surface area contributed by atoms with Crippen molar-refractivity contribution in [1.82, 2.24) is 9.55 Å². The second kappa shape index (κ2) is 4.52. The van der Waals surface area contributed by atoms with Crippen LogP contribution in [0.1, 0.15) is 24.0 Å². The van der Waals surface area contributed by atoms with E-state index in [1.807, 2.05) is 30.3 Å². The molecule has 2 aromatic heterocycles. The van der Waals surface area contributed by atoms with E-state index in [2.05, 4.69) is 4.98 Å². The van der Waals surface area contributed by atoms with Crippen LogP contribution in [0.2, 0.25) is 0 Å². The maximum atomic E-state index is 10.5. The van der Waals surface area contributed by atoms with Crippen molar-refractivity contribution in [3.8, 4) is 17.4 Å². The Morgan fingerprint density at radius 2 is 1.57 bits per heavy atom. The van der Waals surface area contributed by atoms with Gasteiger partial charge in [0.15, 0.2) is 0 Å². The zero-order valence-corrected chi connectivity index (χ0v) is 11.6. The first kappa shape index (κ1) is 12.3. The normalized spacial score (nSPS) is 14.3. The van der Waals surface area contributed by atoms with E-state index < -0.39 is 0 Å². The minimum absolute atomic E-state index is 0.153. The molecule has 0 fully saturated rings. The highest BCUT2D eigenvalue weighted by molar-refractivity contribution is 5.87. The molecule has 21 heavy (non-hydrogen) atoms. The molecule has 1 aliphatic rings. The Hall–Kier alpha value is -2.49. The zero-order valence-electron chi connectivity index (χ0n) is 11.6. The van der Waals surface area contributed by atoms with Gasteiger partial charge in [0.25, 0.3) is 0 Å². The first-order valence-electron chi connectivity index (χ1n) is 7.26. The molecule has 0 unspecified atom stereocenters. The van der Waals surface area contributed by atoms with Crippen molar-refractivity contribution in [2.45, 2.75) is 25.7 Å². The van der Waals surface area contributed by atoms with Gasteiger partial charge in [-0.2, -0.15) is 0 Å². The van der Waals surface area contributed by atoms with Crippen molar-refractivity contribution in [3.63, 3.8) is 0 Å². The van der Waals surface area contributed by atoms with Gasteiger partial charge in [0, 0.05) is 22.7 Å². The van der Waals surface area contributed by atoms with Crippen LogP contribution in [0, 0.1) is 0 Å². The Labute approximate surface area is 122 Å². The summed E-state index contributed by atoms with van der Waals surface area (Å²) in [5.41, 5.74) is 3.26. The van der Waals surface area contributed by atoms with Crippen molar-refractivity contribution in [3.05, 3.63) is 47.7 Å². The van der Waals surface area contributed by atoms with Crippen LogP contribution in [-0.4, -0.2) is 19.8 Å². The summed E-state index contributed by atoms with van der Waals surface area (Å²) in [5, 5.41) is 22.1. The van der Waals surface area contributed by atoms with Gasteiger partial charge in [-0.1, -0.05) is 18.2 Å². The highest BCUT2D eigenvalue weighted by Gasteiger charge is 2.25. The smallest absolute Gasteiger partial charge is 0.202 e. The molecule has 0 amide bonds. The Kier molecular flexibility index (Phi) is 2.64. The summed E-state index contributed by atoms with van der Waals surface area (Å²) in [6.07, 6.45) is 5.47. The molecule has 2 heterocycles. The number of aromatic hydroxyl groups is 2. The Morgan fingerprint density at radius 1 is 0.905 bits per heavy atom. The number of hydrogen-bond donors (Lipinski definition) is 2. The molecule has 0 saturated heterocycles. The Balaban J connectivity index is 2.04. The lowest BCUT2D eigenvalue weighted by Gasteiger charge is -2.09. The Bertz CT molecular complexity index is 801. The molecular formula is C17H16N2O2. The summed E-state index contributed by atoms with van der Waals surface area (Å²) in [5.74, 6) is 0.306. The highest BCUT2D eigenvalue weighted by Crippen LogP contribution is 2.41. The van der Waals surface area contributed by atoms with Crippen LogP contribution < -0.4 is 0 Å². The van der Waals surface area contributed by atoms with Crippen LogP contribution in [0.5, 0.6) is 11.8 Å². The Morgan fingerprint density at radius 3 is 2.29 bits per heavy atom. The zero-order chi connectivity index (χ0) is 14.4. The first-order chi connectivity index (χ1) is 10.3. The number of rotatable bonds is 1. The van der Waals surface area contributed by atoms with Gasteiger partial charge in [0.1, 0.15) is 0 Å². The second-order valence-corrected chi connectivity index (χ2v) is 5.50. The molecule has 0 aliphatic heterocycles. The van der Waals surface area contributed by atoms with Crippen LogP contribution in [0.25, 0.3) is 16.6 Å². The number of para-hydroxylation sites is 1. The monoisotopic (exact) mass is 280 g/mol. The standard InChI is InChI=1S/C17H16N2O2/c20-16-12-7-1-2-8-13(12)17(21)19(16)14-9-3-5-11-6-4-10-18-15(11)14/h3-6,9-10,20-21H,1-2,7-8H2. The summed E-state index contributed by atoms with van der Waals surface area (Å²) in [4.78, 5) is 4.40. The SMILES string of the molecule is Oc1c2c(c(O)n1-c1cccc3cccnc13)CCCC2. The summed E-state index contributed by atoms with van der Waals surface area (Å²) in [6.45, 7) is 0. The number of fused-ring (bicyclic) bond motifs is 2. The van der Waals surface area contributed by atoms with Gasteiger partial charge in [-0.3, -0.25) is 4.98 Å². The van der Waals surface area contributed by atoms with Gasteiger partial charge >= 0.3 is 0 Å². The average Bonchev–Trinajstić information content (AvgIpc) is 2.79. The molecule has 1 aliphatic carbocycles. The van der Waals surface area contributed by atoms with E-state index in [4.69, 9.17) is 0 Å². The summed E-state index contributed by atoms with van der Waals surface area (Å²) in [7, 11) is 0. The summed E-state index contributed by atoms with van der Waals surface area (Å²) >= 11 is 0. The third kappa shape index (κ3) is 1.72. The molecule has 2 N–H and O–H groups in total. The summed E-state index contributed by atoms with van der Waals surface area (Å²) < 4.78 is 1.53. The van der Waals surface area contributed by atoms with Gasteiger partial charge in [-0.25, -0.2) is 4.57 Å². The van der Waals surface area contributed by atoms with Crippen molar-refractivity contribution >= 4 is 10.9 Å². The van der Waals surface area contributed by atoms with Gasteiger partial charge in [-0.15, -0.1) is 0 Å². The molecule has 4 heteroatoms. The fourth-order valence-electron chi connectivity index (χ4n) is 3.27. The van der Waals surface area contributed by atoms with Crippen molar-refractivity contribution in [1.29, 1.82) is 0 Å². The first-order valence-corrected chi connectivity index (χ1v) is 7.26. The third-order valence-electron chi connectivity index (χ3n) is 4.28. The molecule has 4 rings (SSSR count). The van der Waals surface area contributed by atoms with Crippen LogP contribution in [0.15, 0.2) is 36.5 Å². The average molecular weight is 280 g/mol. The van der Waals surface area contributed by atoms with Gasteiger partial charge in [0.2, 0.25) is 11.8 Å². The van der Waals surface area contributed by atoms with E-state index in [-0.39, 0.29) is 11.8 Å². The van der Waals surface area contributed by atoms with E-state index in [1.54, 1.807) is 6.20 Å². The maximum absolute atomic E-state index is 10.5.